The van der Waals surface area contributed by atoms with Crippen LogP contribution < -0.4 is 5.32 Å². The fraction of sp³-hybridized carbons (Fsp3) is 0.800. The van der Waals surface area contributed by atoms with Crippen molar-refractivity contribution in [2.24, 2.45) is 0 Å². The minimum Gasteiger partial charge on any atom is -0.456 e. The number of amides is 1. The van der Waals surface area contributed by atoms with Gasteiger partial charge in [0, 0.05) is 27.7 Å². The lowest BCUT2D eigenvalue weighted by molar-refractivity contribution is -0.234. The SMILES string of the molecule is CC[S+](CC)C[C@H](NC(C)=O)[C@H]1O[C@H](SC)[C@H](OC(C)=O)[C@@H](OC(C)=O)[C@H]1OC(C)=O. The van der Waals surface area contributed by atoms with Gasteiger partial charge >= 0.3 is 17.9 Å². The molecule has 1 rings (SSSR count). The monoisotopic (exact) mass is 480 g/mol. The molecule has 1 aliphatic rings. The molecule has 1 aliphatic heterocycles. The Kier molecular flexibility index (Phi) is 11.7. The van der Waals surface area contributed by atoms with Gasteiger partial charge in [-0.15, -0.1) is 11.8 Å². The van der Waals surface area contributed by atoms with E-state index in [0.29, 0.717) is 5.75 Å². The van der Waals surface area contributed by atoms with Crippen LogP contribution in [0.2, 0.25) is 0 Å². The maximum absolute atomic E-state index is 12.0. The van der Waals surface area contributed by atoms with Crippen LogP contribution in [0.25, 0.3) is 0 Å². The lowest BCUT2D eigenvalue weighted by Gasteiger charge is -2.46. The first-order valence-corrected chi connectivity index (χ1v) is 13.2. The molecule has 0 aromatic rings. The summed E-state index contributed by atoms with van der Waals surface area (Å²) in [6.45, 7) is 9.26. The summed E-state index contributed by atoms with van der Waals surface area (Å²) in [4.78, 5) is 47.5. The Morgan fingerprint density at radius 1 is 0.903 bits per heavy atom. The Bertz CT molecular complexity index is 643. The van der Waals surface area contributed by atoms with E-state index in [2.05, 4.69) is 19.2 Å². The molecule has 1 saturated heterocycles. The van der Waals surface area contributed by atoms with Crippen LogP contribution >= 0.6 is 11.8 Å². The van der Waals surface area contributed by atoms with E-state index in [1.165, 1.54) is 39.5 Å². The molecule has 0 saturated carbocycles. The molecule has 1 heterocycles. The Balaban J connectivity index is 3.46. The van der Waals surface area contributed by atoms with Crippen LogP contribution in [0.3, 0.4) is 0 Å². The van der Waals surface area contributed by atoms with Crippen LogP contribution in [0.4, 0.5) is 0 Å². The average molecular weight is 481 g/mol. The Labute approximate surface area is 191 Å². The third kappa shape index (κ3) is 8.53. The van der Waals surface area contributed by atoms with E-state index < -0.39 is 53.8 Å². The van der Waals surface area contributed by atoms with Gasteiger partial charge in [0.25, 0.3) is 0 Å². The van der Waals surface area contributed by atoms with Crippen LogP contribution in [0.5, 0.6) is 0 Å². The summed E-state index contributed by atoms with van der Waals surface area (Å²) in [6.07, 6.45) is -2.15. The third-order valence-corrected chi connectivity index (χ3v) is 7.99. The zero-order valence-corrected chi connectivity index (χ0v) is 20.8. The van der Waals surface area contributed by atoms with Gasteiger partial charge in [0.05, 0.1) is 0 Å². The Hall–Kier alpha value is -1.46. The molecule has 9 nitrogen and oxygen atoms in total. The van der Waals surface area contributed by atoms with Crippen molar-refractivity contribution >= 4 is 46.5 Å². The highest BCUT2D eigenvalue weighted by molar-refractivity contribution is 7.99. The van der Waals surface area contributed by atoms with Crippen LogP contribution in [0, 0.1) is 0 Å². The van der Waals surface area contributed by atoms with Crippen LogP contribution in [0.15, 0.2) is 0 Å². The molecule has 11 heteroatoms. The molecule has 1 amide bonds. The zero-order chi connectivity index (χ0) is 23.7. The van der Waals surface area contributed by atoms with Gasteiger partial charge in [0.2, 0.25) is 5.91 Å². The largest absolute Gasteiger partial charge is 0.456 e. The maximum Gasteiger partial charge on any atom is 0.303 e. The first-order chi connectivity index (χ1) is 14.5. The van der Waals surface area contributed by atoms with Gasteiger partial charge in [0.1, 0.15) is 34.8 Å². The molecule has 0 bridgehead atoms. The fourth-order valence-electron chi connectivity index (χ4n) is 3.49. The van der Waals surface area contributed by atoms with E-state index in [-0.39, 0.29) is 16.8 Å². The molecule has 1 N–H and O–H groups in total. The minimum atomic E-state index is -1.08. The number of rotatable bonds is 10. The smallest absolute Gasteiger partial charge is 0.303 e. The lowest BCUT2D eigenvalue weighted by atomic mass is 9.94. The van der Waals surface area contributed by atoms with Crippen molar-refractivity contribution in [2.45, 2.75) is 77.4 Å². The molecule has 178 valence electrons. The zero-order valence-electron chi connectivity index (χ0n) is 19.2. The van der Waals surface area contributed by atoms with Crippen molar-refractivity contribution in [3.8, 4) is 0 Å². The van der Waals surface area contributed by atoms with Gasteiger partial charge in [-0.3, -0.25) is 19.2 Å². The van der Waals surface area contributed by atoms with E-state index in [1.54, 1.807) is 6.26 Å². The van der Waals surface area contributed by atoms with Crippen molar-refractivity contribution in [1.82, 2.24) is 5.32 Å². The molecule has 0 spiro atoms. The first-order valence-electron chi connectivity index (χ1n) is 10.1. The molecular weight excluding hydrogens is 446 g/mol. The molecule has 0 aliphatic carbocycles. The molecule has 31 heavy (non-hydrogen) atoms. The highest BCUT2D eigenvalue weighted by Crippen LogP contribution is 2.34. The first kappa shape index (κ1) is 27.6. The molecule has 0 aromatic heterocycles. The lowest BCUT2D eigenvalue weighted by Crippen LogP contribution is -2.66. The standard InChI is InChI=1S/C20H33NO8S2/c1-8-31(9-2)10-15(21-11(3)22)16-17(26-12(4)23)18(27-13(5)24)19(28-14(6)25)20(29-16)30-7/h15-20H,8-10H2,1-7H3/p+1/t15-,16+,17-,18-,19+,20+/m0/s1. The second kappa shape index (κ2) is 13.2. The van der Waals surface area contributed by atoms with Gasteiger partial charge in [0.15, 0.2) is 18.3 Å². The van der Waals surface area contributed by atoms with E-state index >= 15 is 0 Å². The normalized spacial score (nSPS) is 26.6. The summed E-state index contributed by atoms with van der Waals surface area (Å²) in [6, 6.07) is -0.490. The molecule has 6 atom stereocenters. The molecule has 1 fully saturated rings. The summed E-state index contributed by atoms with van der Waals surface area (Å²) in [5.74, 6) is 0.407. The van der Waals surface area contributed by atoms with Gasteiger partial charge in [-0.1, -0.05) is 0 Å². The number of esters is 3. The summed E-state index contributed by atoms with van der Waals surface area (Å²) in [7, 11) is -0.00237. The topological polar surface area (TPSA) is 117 Å². The van der Waals surface area contributed by atoms with Crippen LogP contribution in [0.1, 0.15) is 41.5 Å². The Morgan fingerprint density at radius 2 is 1.39 bits per heavy atom. The number of carbonyl (C=O) groups is 4. The number of nitrogens with one attached hydrogen (secondary N) is 1. The number of hydrogen-bond donors (Lipinski definition) is 1. The van der Waals surface area contributed by atoms with Crippen molar-refractivity contribution in [3.63, 3.8) is 0 Å². The van der Waals surface area contributed by atoms with Gasteiger partial charge in [-0.25, -0.2) is 0 Å². The second-order valence-corrected chi connectivity index (χ2v) is 10.7. The highest BCUT2D eigenvalue weighted by Gasteiger charge is 2.54. The van der Waals surface area contributed by atoms with Crippen molar-refractivity contribution in [1.29, 1.82) is 0 Å². The quantitative estimate of drug-likeness (QED) is 0.278. The van der Waals surface area contributed by atoms with Crippen LogP contribution in [-0.4, -0.2) is 83.2 Å². The fourth-order valence-corrected chi connectivity index (χ4v) is 5.87. The second-order valence-electron chi connectivity index (χ2n) is 7.09. The molecule has 0 radical (unpaired) electrons. The van der Waals surface area contributed by atoms with E-state index in [1.807, 2.05) is 0 Å². The summed E-state index contributed by atoms with van der Waals surface area (Å²) in [5, 5.41) is 2.92. The van der Waals surface area contributed by atoms with Crippen molar-refractivity contribution in [2.75, 3.05) is 23.5 Å². The van der Waals surface area contributed by atoms with E-state index in [4.69, 9.17) is 18.9 Å². The van der Waals surface area contributed by atoms with Gasteiger partial charge < -0.3 is 24.3 Å². The number of ether oxygens (including phenoxy) is 4. The van der Waals surface area contributed by atoms with Crippen molar-refractivity contribution in [3.05, 3.63) is 0 Å². The number of hydrogen-bond acceptors (Lipinski definition) is 9. The van der Waals surface area contributed by atoms with Gasteiger partial charge in [-0.05, 0) is 31.0 Å². The van der Waals surface area contributed by atoms with E-state index in [0.717, 1.165) is 11.5 Å². The summed E-state index contributed by atoms with van der Waals surface area (Å²) < 4.78 is 22.7. The van der Waals surface area contributed by atoms with Crippen molar-refractivity contribution < 1.29 is 38.1 Å². The maximum atomic E-state index is 12.0. The molecule has 0 unspecified atom stereocenters. The van der Waals surface area contributed by atoms with Gasteiger partial charge in [-0.2, -0.15) is 0 Å². The number of carbonyl (C=O) groups excluding carboxylic acids is 4. The Morgan fingerprint density at radius 3 is 1.81 bits per heavy atom. The van der Waals surface area contributed by atoms with Crippen LogP contribution in [-0.2, 0) is 49.0 Å². The average Bonchev–Trinajstić information content (AvgIpc) is 2.66. The molecule has 0 aromatic carbocycles. The molecular formula is C20H34NO8S2+. The highest BCUT2D eigenvalue weighted by atomic mass is 32.2. The summed E-state index contributed by atoms with van der Waals surface area (Å²) in [5.41, 5.74) is -0.689. The predicted octanol–water partition coefficient (Wildman–Crippen LogP) is 1.03. The summed E-state index contributed by atoms with van der Waals surface area (Å²) >= 11 is 1.28. The predicted molar refractivity (Wildman–Crippen MR) is 120 cm³/mol. The third-order valence-electron chi connectivity index (χ3n) is 4.69. The number of thioether (sulfide) groups is 1. The van der Waals surface area contributed by atoms with E-state index in [9.17, 15) is 19.2 Å². The minimum absolute atomic E-state index is 0.00237.